The Morgan fingerprint density at radius 1 is 1.19 bits per heavy atom. The van der Waals surface area contributed by atoms with E-state index in [2.05, 4.69) is 10.5 Å². The van der Waals surface area contributed by atoms with E-state index in [1.165, 1.54) is 0 Å². The van der Waals surface area contributed by atoms with Gasteiger partial charge in [0.1, 0.15) is 17.2 Å². The second kappa shape index (κ2) is 5.32. The van der Waals surface area contributed by atoms with Crippen LogP contribution in [-0.4, -0.2) is 18.4 Å². The third-order valence-electron chi connectivity index (χ3n) is 3.06. The number of nitrogens with one attached hydrogen (secondary N) is 1. The Morgan fingerprint density at radius 3 is 2.76 bits per heavy atom. The van der Waals surface area contributed by atoms with E-state index < -0.39 is 0 Å². The lowest BCUT2D eigenvalue weighted by molar-refractivity contribution is 0.0954. The smallest absolute Gasteiger partial charge is 0.271 e. The maximum atomic E-state index is 12.0. The summed E-state index contributed by atoms with van der Waals surface area (Å²) in [4.78, 5) is 12.0. The number of carbonyl (C=O) groups excluding carboxylic acids is 1. The van der Waals surface area contributed by atoms with Crippen LogP contribution in [0.4, 0.5) is 0 Å². The number of furan rings is 1. The average molecular weight is 286 g/mol. The zero-order chi connectivity index (χ0) is 14.8. The summed E-state index contributed by atoms with van der Waals surface area (Å²) in [7, 11) is 0. The second-order valence-electron chi connectivity index (χ2n) is 4.62. The van der Waals surface area contributed by atoms with E-state index in [4.69, 9.17) is 13.9 Å². The molecule has 1 N–H and O–H groups in total. The van der Waals surface area contributed by atoms with Crippen molar-refractivity contribution in [1.29, 1.82) is 0 Å². The van der Waals surface area contributed by atoms with Crippen LogP contribution in [0.15, 0.2) is 39.9 Å². The molecule has 3 rings (SSSR count). The average Bonchev–Trinajstić information content (AvgIpc) is 3.12. The lowest BCUT2D eigenvalue weighted by atomic mass is 10.2. The number of nitrogens with zero attached hydrogens (tertiary/aromatic N) is 1. The number of carbonyl (C=O) groups is 1. The first-order valence-corrected chi connectivity index (χ1v) is 6.44. The molecule has 0 spiro atoms. The number of ether oxygens (including phenoxy) is 2. The molecule has 0 saturated carbocycles. The lowest BCUT2D eigenvalue weighted by Gasteiger charge is -2.02. The molecule has 1 amide bonds. The van der Waals surface area contributed by atoms with Crippen molar-refractivity contribution >= 4 is 11.6 Å². The van der Waals surface area contributed by atoms with Crippen LogP contribution in [-0.2, 0) is 0 Å². The molecule has 1 aliphatic rings. The van der Waals surface area contributed by atoms with Gasteiger partial charge in [-0.15, -0.1) is 0 Å². The van der Waals surface area contributed by atoms with Gasteiger partial charge in [0, 0.05) is 5.56 Å². The number of aryl methyl sites for hydroxylation is 1. The third kappa shape index (κ3) is 2.74. The fourth-order valence-corrected chi connectivity index (χ4v) is 1.92. The molecule has 0 unspecified atom stereocenters. The molecule has 0 radical (unpaired) electrons. The summed E-state index contributed by atoms with van der Waals surface area (Å²) >= 11 is 0. The van der Waals surface area contributed by atoms with Gasteiger partial charge < -0.3 is 13.9 Å². The van der Waals surface area contributed by atoms with E-state index in [0.29, 0.717) is 28.5 Å². The van der Waals surface area contributed by atoms with Crippen LogP contribution in [0.1, 0.15) is 28.8 Å². The summed E-state index contributed by atoms with van der Waals surface area (Å²) in [5.41, 5.74) is 3.54. The standard InChI is InChI=1S/C15H14N2O4/c1-9-3-5-12(21-9)10(2)16-17-15(18)11-4-6-13-14(7-11)20-8-19-13/h3-7H,8H2,1-2H3,(H,17,18). The zero-order valence-electron chi connectivity index (χ0n) is 11.7. The molecule has 2 aromatic rings. The fraction of sp³-hybridized carbons (Fsp3) is 0.200. The van der Waals surface area contributed by atoms with Crippen molar-refractivity contribution in [1.82, 2.24) is 5.43 Å². The first-order valence-electron chi connectivity index (χ1n) is 6.44. The molecule has 0 saturated heterocycles. The van der Waals surface area contributed by atoms with Gasteiger partial charge in [-0.3, -0.25) is 4.79 Å². The lowest BCUT2D eigenvalue weighted by Crippen LogP contribution is -2.19. The molecule has 0 atom stereocenters. The summed E-state index contributed by atoms with van der Waals surface area (Å²) in [6.07, 6.45) is 0. The number of rotatable bonds is 3. The minimum atomic E-state index is -0.323. The van der Waals surface area contributed by atoms with Crippen LogP contribution in [0.5, 0.6) is 11.5 Å². The van der Waals surface area contributed by atoms with Crippen molar-refractivity contribution in [3.63, 3.8) is 0 Å². The Morgan fingerprint density at radius 2 is 2.00 bits per heavy atom. The first-order chi connectivity index (χ1) is 10.1. The highest BCUT2D eigenvalue weighted by atomic mass is 16.7. The number of hydrazone groups is 1. The van der Waals surface area contributed by atoms with Crippen molar-refractivity contribution in [3.05, 3.63) is 47.4 Å². The number of fused-ring (bicyclic) bond motifs is 1. The molecule has 6 nitrogen and oxygen atoms in total. The van der Waals surface area contributed by atoms with Crippen molar-refractivity contribution < 1.29 is 18.7 Å². The van der Waals surface area contributed by atoms with Gasteiger partial charge >= 0.3 is 0 Å². The zero-order valence-corrected chi connectivity index (χ0v) is 11.7. The number of benzene rings is 1. The predicted octanol–water partition coefficient (Wildman–Crippen LogP) is 2.47. The largest absolute Gasteiger partial charge is 0.460 e. The molecular formula is C15H14N2O4. The topological polar surface area (TPSA) is 73.1 Å². The Bertz CT molecular complexity index is 718. The summed E-state index contributed by atoms with van der Waals surface area (Å²) in [5.74, 6) is 2.29. The van der Waals surface area contributed by atoms with E-state index in [9.17, 15) is 4.79 Å². The Kier molecular flexibility index (Phi) is 3.35. The van der Waals surface area contributed by atoms with Crippen molar-refractivity contribution in [2.75, 3.05) is 6.79 Å². The molecular weight excluding hydrogens is 272 g/mol. The highest BCUT2D eigenvalue weighted by Gasteiger charge is 2.16. The highest BCUT2D eigenvalue weighted by Crippen LogP contribution is 2.32. The summed E-state index contributed by atoms with van der Waals surface area (Å²) in [6.45, 7) is 3.79. The van der Waals surface area contributed by atoms with Crippen LogP contribution in [0.25, 0.3) is 0 Å². The Balaban J connectivity index is 1.71. The van der Waals surface area contributed by atoms with E-state index >= 15 is 0 Å². The van der Waals surface area contributed by atoms with E-state index in [1.54, 1.807) is 31.2 Å². The SMILES string of the molecule is CC(=NNC(=O)c1ccc2c(c1)OCO2)c1ccc(C)o1. The Hall–Kier alpha value is -2.76. The molecule has 108 valence electrons. The van der Waals surface area contributed by atoms with Gasteiger partial charge in [0.25, 0.3) is 5.91 Å². The molecule has 0 bridgehead atoms. The fourth-order valence-electron chi connectivity index (χ4n) is 1.92. The van der Waals surface area contributed by atoms with E-state index in [1.807, 2.05) is 13.0 Å². The van der Waals surface area contributed by atoms with Gasteiger partial charge in [0.15, 0.2) is 11.5 Å². The Labute approximate surface area is 121 Å². The molecule has 1 aromatic heterocycles. The van der Waals surface area contributed by atoms with Crippen molar-refractivity contribution in [3.8, 4) is 11.5 Å². The number of hydrogen-bond donors (Lipinski definition) is 1. The molecule has 1 aliphatic heterocycles. The summed E-state index contributed by atoms with van der Waals surface area (Å²) < 4.78 is 15.9. The van der Waals surface area contributed by atoms with Gasteiger partial charge in [-0.05, 0) is 44.2 Å². The van der Waals surface area contributed by atoms with Gasteiger partial charge in [-0.2, -0.15) is 5.10 Å². The molecule has 2 heterocycles. The van der Waals surface area contributed by atoms with Crippen molar-refractivity contribution in [2.45, 2.75) is 13.8 Å². The molecule has 6 heteroatoms. The minimum Gasteiger partial charge on any atom is -0.460 e. The first kappa shape index (κ1) is 13.2. The molecule has 0 fully saturated rings. The van der Waals surface area contributed by atoms with Gasteiger partial charge in [-0.1, -0.05) is 0 Å². The van der Waals surface area contributed by atoms with Crippen LogP contribution in [0.2, 0.25) is 0 Å². The maximum absolute atomic E-state index is 12.0. The second-order valence-corrected chi connectivity index (χ2v) is 4.62. The third-order valence-corrected chi connectivity index (χ3v) is 3.06. The normalized spacial score (nSPS) is 13.3. The summed E-state index contributed by atoms with van der Waals surface area (Å²) in [6, 6.07) is 8.63. The summed E-state index contributed by atoms with van der Waals surface area (Å²) in [5, 5.41) is 4.03. The van der Waals surface area contributed by atoms with Gasteiger partial charge in [-0.25, -0.2) is 5.43 Å². The molecule has 1 aromatic carbocycles. The van der Waals surface area contributed by atoms with Gasteiger partial charge in [0.05, 0.1) is 0 Å². The van der Waals surface area contributed by atoms with Crippen LogP contribution < -0.4 is 14.9 Å². The molecule has 21 heavy (non-hydrogen) atoms. The van der Waals surface area contributed by atoms with E-state index in [0.717, 1.165) is 5.76 Å². The van der Waals surface area contributed by atoms with E-state index in [-0.39, 0.29) is 12.7 Å². The van der Waals surface area contributed by atoms with Gasteiger partial charge in [0.2, 0.25) is 6.79 Å². The minimum absolute atomic E-state index is 0.176. The van der Waals surface area contributed by atoms with Crippen LogP contribution in [0, 0.1) is 6.92 Å². The monoisotopic (exact) mass is 286 g/mol. The van der Waals surface area contributed by atoms with Crippen LogP contribution in [0.3, 0.4) is 0 Å². The molecule has 0 aliphatic carbocycles. The maximum Gasteiger partial charge on any atom is 0.271 e. The number of amides is 1. The quantitative estimate of drug-likeness (QED) is 0.695. The van der Waals surface area contributed by atoms with Crippen molar-refractivity contribution in [2.24, 2.45) is 5.10 Å². The number of hydrogen-bond acceptors (Lipinski definition) is 5. The van der Waals surface area contributed by atoms with Crippen LogP contribution >= 0.6 is 0 Å². The highest BCUT2D eigenvalue weighted by molar-refractivity contribution is 5.99. The predicted molar refractivity (Wildman–Crippen MR) is 75.7 cm³/mol.